The monoisotopic (exact) mass is 499 g/mol. The van der Waals surface area contributed by atoms with Gasteiger partial charge >= 0.3 is 25.5 Å². The van der Waals surface area contributed by atoms with Crippen molar-refractivity contribution < 1.29 is 40.6 Å². The Bertz CT molecular complexity index is 1100. The Labute approximate surface area is 182 Å². The van der Waals surface area contributed by atoms with Crippen molar-refractivity contribution in [2.45, 2.75) is 31.0 Å². The third-order valence-electron chi connectivity index (χ3n) is 4.54. The van der Waals surface area contributed by atoms with Crippen LogP contribution in [0, 0.1) is 5.82 Å². The molecule has 2 aliphatic rings. The first-order valence-corrected chi connectivity index (χ1v) is 11.1. The van der Waals surface area contributed by atoms with Gasteiger partial charge in [-0.25, -0.2) is 9.65 Å². The van der Waals surface area contributed by atoms with E-state index in [0.29, 0.717) is 5.02 Å². The van der Waals surface area contributed by atoms with E-state index in [9.17, 15) is 26.9 Å². The lowest BCUT2D eigenvalue weighted by atomic mass is 10.2. The number of aromatic nitrogens is 2. The molecule has 3 heterocycles. The molecule has 1 saturated heterocycles. The highest BCUT2D eigenvalue weighted by atomic mass is 35.5. The highest BCUT2D eigenvalue weighted by Crippen LogP contribution is 2.47. The molecule has 174 valence electrons. The molecular weight excluding hydrogens is 485 g/mol. The minimum Gasteiger partial charge on any atom is -0.458 e. The normalized spacial score (nSPS) is 23.8. The van der Waals surface area contributed by atoms with E-state index in [1.165, 1.54) is 28.8 Å². The average molecular weight is 500 g/mol. The summed E-state index contributed by atoms with van der Waals surface area (Å²) in [5, 5.41) is 2.10. The van der Waals surface area contributed by atoms with Crippen LogP contribution in [0.1, 0.15) is 12.6 Å². The van der Waals surface area contributed by atoms with E-state index >= 15 is 0 Å². The predicted octanol–water partition coefficient (Wildman–Crippen LogP) is 3.44. The van der Waals surface area contributed by atoms with Gasteiger partial charge in [0.1, 0.15) is 30.7 Å². The fraction of sp³-hybridized carbons (Fsp3) is 0.412. The number of alkyl halides is 3. The van der Waals surface area contributed by atoms with Gasteiger partial charge in [0, 0.05) is 11.4 Å². The molecule has 32 heavy (non-hydrogen) atoms. The number of hydrogen-bond acceptors (Lipinski definition) is 7. The molecule has 1 fully saturated rings. The van der Waals surface area contributed by atoms with Crippen molar-refractivity contribution in [1.82, 2.24) is 14.6 Å². The molecule has 4 rings (SSSR count). The van der Waals surface area contributed by atoms with E-state index in [-0.39, 0.29) is 18.2 Å². The SMILES string of the molecule is O=c1nc2n(cc1F)[C@H]1C[C@@H](O2)[C@@H](COP(=O)(NCC(F)(F)F)Oc2ccc(Cl)cc2)O1. The summed E-state index contributed by atoms with van der Waals surface area (Å²) in [6, 6.07) is 5.24. The summed E-state index contributed by atoms with van der Waals surface area (Å²) in [4.78, 5) is 14.9. The van der Waals surface area contributed by atoms with Crippen molar-refractivity contribution in [2.75, 3.05) is 13.2 Å². The van der Waals surface area contributed by atoms with E-state index in [0.717, 1.165) is 6.20 Å². The molecule has 1 unspecified atom stereocenters. The number of nitrogens with zero attached hydrogens (tertiary/aromatic N) is 2. The summed E-state index contributed by atoms with van der Waals surface area (Å²) in [5.41, 5.74) is -1.11. The van der Waals surface area contributed by atoms with E-state index in [1.807, 2.05) is 0 Å². The van der Waals surface area contributed by atoms with E-state index in [1.54, 1.807) is 5.09 Å². The fourth-order valence-electron chi connectivity index (χ4n) is 3.10. The molecule has 2 aromatic rings. The number of nitrogens with one attached hydrogen (secondary N) is 1. The van der Waals surface area contributed by atoms with Crippen LogP contribution in [-0.2, 0) is 13.8 Å². The first-order chi connectivity index (χ1) is 15.0. The van der Waals surface area contributed by atoms with Gasteiger partial charge in [0.05, 0.1) is 12.8 Å². The standard InChI is InChI=1S/C17H15ClF4N3O6P/c18-9-1-3-10(4-2-9)31-32(27,23-8-17(20,21)22)28-7-13-12-5-14(29-13)25-6-11(19)15(26)24-16(25)30-12/h1-4,6,12-14H,5,7-8H2,(H,23,27)/t12-,13-,14-,32?/m1/s1. The molecule has 15 heteroatoms. The van der Waals surface area contributed by atoms with Crippen molar-refractivity contribution in [2.24, 2.45) is 0 Å². The molecule has 0 spiro atoms. The van der Waals surface area contributed by atoms with Crippen LogP contribution >= 0.6 is 19.3 Å². The van der Waals surface area contributed by atoms with Gasteiger partial charge in [0.15, 0.2) is 0 Å². The maximum Gasteiger partial charge on any atom is 0.459 e. The zero-order chi connectivity index (χ0) is 23.1. The first-order valence-electron chi connectivity index (χ1n) is 9.14. The van der Waals surface area contributed by atoms with Crippen LogP contribution in [0.15, 0.2) is 35.3 Å². The van der Waals surface area contributed by atoms with Gasteiger partial charge in [0.25, 0.3) is 0 Å². The van der Waals surface area contributed by atoms with E-state index in [4.69, 9.17) is 30.1 Å². The Kier molecular flexibility index (Phi) is 6.21. The van der Waals surface area contributed by atoms with Gasteiger partial charge in [0.2, 0.25) is 5.82 Å². The second-order valence-electron chi connectivity index (χ2n) is 6.89. The van der Waals surface area contributed by atoms with Crippen molar-refractivity contribution in [1.29, 1.82) is 0 Å². The quantitative estimate of drug-likeness (QED) is 0.457. The number of rotatable bonds is 7. The molecule has 0 amide bonds. The molecule has 2 bridgehead atoms. The lowest BCUT2D eigenvalue weighted by Crippen LogP contribution is -2.35. The summed E-state index contributed by atoms with van der Waals surface area (Å²) in [6.07, 6.45) is -5.95. The van der Waals surface area contributed by atoms with E-state index < -0.39 is 56.9 Å². The minimum atomic E-state index is -4.68. The Morgan fingerprint density at radius 1 is 1.31 bits per heavy atom. The van der Waals surface area contributed by atoms with Gasteiger partial charge in [-0.1, -0.05) is 11.6 Å². The predicted molar refractivity (Wildman–Crippen MR) is 101 cm³/mol. The van der Waals surface area contributed by atoms with Gasteiger partial charge in [-0.3, -0.25) is 13.9 Å². The molecule has 0 saturated carbocycles. The van der Waals surface area contributed by atoms with Crippen molar-refractivity contribution >= 4 is 19.3 Å². The van der Waals surface area contributed by atoms with Gasteiger partial charge < -0.3 is 14.0 Å². The van der Waals surface area contributed by atoms with Crippen LogP contribution in [0.2, 0.25) is 5.02 Å². The molecule has 1 aromatic carbocycles. The molecule has 2 aliphatic heterocycles. The second kappa shape index (κ2) is 8.64. The van der Waals surface area contributed by atoms with Gasteiger partial charge in [-0.15, -0.1) is 0 Å². The molecular formula is C17H15ClF4N3O6P. The van der Waals surface area contributed by atoms with Crippen LogP contribution in [-0.4, -0.2) is 41.1 Å². The average Bonchev–Trinajstić information content (AvgIpc) is 3.05. The lowest BCUT2D eigenvalue weighted by molar-refractivity contribution is -0.122. The van der Waals surface area contributed by atoms with Crippen LogP contribution in [0.25, 0.3) is 0 Å². The lowest BCUT2D eigenvalue weighted by Gasteiger charge is -2.24. The maximum absolute atomic E-state index is 13.6. The zero-order valence-corrected chi connectivity index (χ0v) is 17.6. The summed E-state index contributed by atoms with van der Waals surface area (Å²) in [6.45, 7) is -2.12. The molecule has 1 N–H and O–H groups in total. The highest BCUT2D eigenvalue weighted by Gasteiger charge is 2.45. The number of hydrogen-bond donors (Lipinski definition) is 1. The Morgan fingerprint density at radius 3 is 2.72 bits per heavy atom. The number of halogens is 5. The summed E-state index contributed by atoms with van der Waals surface area (Å²) in [5.74, 6) is -1.14. The number of benzene rings is 1. The number of ether oxygens (including phenoxy) is 2. The molecule has 0 aliphatic carbocycles. The molecule has 4 atom stereocenters. The van der Waals surface area contributed by atoms with Crippen LogP contribution in [0.3, 0.4) is 0 Å². The van der Waals surface area contributed by atoms with Crippen molar-refractivity contribution in [3.63, 3.8) is 0 Å². The first kappa shape index (κ1) is 23.0. The highest BCUT2D eigenvalue weighted by molar-refractivity contribution is 7.52. The topological polar surface area (TPSA) is 101 Å². The van der Waals surface area contributed by atoms with E-state index in [2.05, 4.69) is 4.98 Å². The smallest absolute Gasteiger partial charge is 0.458 e. The van der Waals surface area contributed by atoms with Crippen molar-refractivity contribution in [3.05, 3.63) is 51.7 Å². The number of fused-ring (bicyclic) bond motifs is 4. The Balaban J connectivity index is 1.46. The van der Waals surface area contributed by atoms with Gasteiger partial charge in [-0.2, -0.15) is 22.5 Å². The summed E-state index contributed by atoms with van der Waals surface area (Å²) in [7, 11) is -4.51. The van der Waals surface area contributed by atoms with Crippen LogP contribution in [0.4, 0.5) is 17.6 Å². The molecule has 0 radical (unpaired) electrons. The van der Waals surface area contributed by atoms with Gasteiger partial charge in [-0.05, 0) is 24.3 Å². The Morgan fingerprint density at radius 2 is 2.03 bits per heavy atom. The van der Waals surface area contributed by atoms with Crippen molar-refractivity contribution in [3.8, 4) is 11.8 Å². The second-order valence-corrected chi connectivity index (χ2v) is 9.08. The van der Waals surface area contributed by atoms with Crippen LogP contribution in [0.5, 0.6) is 11.8 Å². The molecule has 9 nitrogen and oxygen atoms in total. The van der Waals surface area contributed by atoms with Crippen LogP contribution < -0.4 is 19.9 Å². The summed E-state index contributed by atoms with van der Waals surface area (Å²) < 4.78 is 87.4. The largest absolute Gasteiger partial charge is 0.459 e. The zero-order valence-electron chi connectivity index (χ0n) is 15.9. The summed E-state index contributed by atoms with van der Waals surface area (Å²) >= 11 is 5.76. The maximum atomic E-state index is 13.6. The fourth-order valence-corrected chi connectivity index (χ4v) is 4.55. The minimum absolute atomic E-state index is 0.0413. The Hall–Kier alpha value is -2.18. The molecule has 1 aromatic heterocycles. The third-order valence-corrected chi connectivity index (χ3v) is 6.28. The third kappa shape index (κ3) is 5.24.